The summed E-state index contributed by atoms with van der Waals surface area (Å²) in [6.07, 6.45) is 0.170. The summed E-state index contributed by atoms with van der Waals surface area (Å²) in [4.78, 5) is 35.2. The number of benzene rings is 1. The molecule has 0 aromatic heterocycles. The van der Waals surface area contributed by atoms with Gasteiger partial charge in [-0.3, -0.25) is 9.59 Å². The first kappa shape index (κ1) is 15.7. The zero-order chi connectivity index (χ0) is 15.1. The van der Waals surface area contributed by atoms with Crippen molar-refractivity contribution in [1.29, 1.82) is 0 Å². The minimum atomic E-state index is -1.33. The number of esters is 1. The number of ketones is 1. The summed E-state index contributed by atoms with van der Waals surface area (Å²) in [5, 5.41) is 2.35. The van der Waals surface area contributed by atoms with Crippen LogP contribution in [0.25, 0.3) is 0 Å². The highest BCUT2D eigenvalue weighted by molar-refractivity contribution is 6.13. The molecule has 0 spiro atoms. The van der Waals surface area contributed by atoms with Crippen LogP contribution in [0.4, 0.5) is 0 Å². The van der Waals surface area contributed by atoms with Gasteiger partial charge >= 0.3 is 5.97 Å². The molecule has 0 radical (unpaired) electrons. The molecule has 108 valence electrons. The molecule has 0 heterocycles. The average Bonchev–Trinajstić information content (AvgIpc) is 2.50. The Bertz CT molecular complexity index is 495. The van der Waals surface area contributed by atoms with Crippen molar-refractivity contribution < 1.29 is 23.9 Å². The van der Waals surface area contributed by atoms with E-state index >= 15 is 0 Å². The van der Waals surface area contributed by atoms with E-state index in [1.165, 1.54) is 19.2 Å². The Hall–Kier alpha value is -2.37. The van der Waals surface area contributed by atoms with Crippen LogP contribution < -0.4 is 10.1 Å². The maximum Gasteiger partial charge on any atom is 0.336 e. The van der Waals surface area contributed by atoms with E-state index in [0.717, 1.165) is 7.11 Å². The lowest BCUT2D eigenvalue weighted by molar-refractivity contribution is -0.143. The number of hydrogen-bond acceptors (Lipinski definition) is 5. The van der Waals surface area contributed by atoms with Gasteiger partial charge in [-0.05, 0) is 24.3 Å². The molecule has 1 aromatic rings. The summed E-state index contributed by atoms with van der Waals surface area (Å²) in [5.41, 5.74) is 0.289. The van der Waals surface area contributed by atoms with Crippen molar-refractivity contribution in [2.75, 3.05) is 14.2 Å². The quantitative estimate of drug-likeness (QED) is 0.476. The maximum atomic E-state index is 12.2. The number of Topliss-reactive ketones (excluding diaryl/α,β-unsaturated/α-hetero) is 1. The molecule has 1 atom stereocenters. The Kier molecular flexibility index (Phi) is 5.71. The molecule has 0 aliphatic rings. The summed E-state index contributed by atoms with van der Waals surface area (Å²) < 4.78 is 9.53. The maximum absolute atomic E-state index is 12.2. The van der Waals surface area contributed by atoms with E-state index in [1.54, 1.807) is 19.1 Å². The van der Waals surface area contributed by atoms with Crippen LogP contribution in [0.3, 0.4) is 0 Å². The molecule has 0 fully saturated rings. The topological polar surface area (TPSA) is 81.7 Å². The van der Waals surface area contributed by atoms with Crippen LogP contribution in [-0.4, -0.2) is 37.9 Å². The minimum absolute atomic E-state index is 0.170. The predicted molar refractivity (Wildman–Crippen MR) is 71.6 cm³/mol. The average molecular weight is 279 g/mol. The van der Waals surface area contributed by atoms with E-state index in [-0.39, 0.29) is 12.0 Å². The minimum Gasteiger partial charge on any atom is -0.497 e. The van der Waals surface area contributed by atoms with E-state index < -0.39 is 23.7 Å². The SMILES string of the molecule is CCC(=O)NC(C(=O)OC)C(=O)c1ccc(OC)cc1. The lowest BCUT2D eigenvalue weighted by atomic mass is 10.0. The number of carbonyl (C=O) groups is 3. The van der Waals surface area contributed by atoms with Gasteiger partial charge in [0.25, 0.3) is 0 Å². The second-order valence-electron chi connectivity index (χ2n) is 3.97. The Balaban J connectivity index is 2.96. The molecule has 0 bridgehead atoms. The fourth-order valence-electron chi connectivity index (χ4n) is 1.53. The number of methoxy groups -OCH3 is 2. The zero-order valence-electron chi connectivity index (χ0n) is 11.6. The van der Waals surface area contributed by atoms with E-state index in [1.807, 2.05) is 0 Å². The van der Waals surface area contributed by atoms with Crippen LogP contribution in [0.15, 0.2) is 24.3 Å². The van der Waals surface area contributed by atoms with Gasteiger partial charge in [0.2, 0.25) is 5.91 Å². The number of rotatable bonds is 6. The van der Waals surface area contributed by atoms with Gasteiger partial charge in [-0.1, -0.05) is 6.92 Å². The highest BCUT2D eigenvalue weighted by atomic mass is 16.5. The zero-order valence-corrected chi connectivity index (χ0v) is 11.6. The highest BCUT2D eigenvalue weighted by Crippen LogP contribution is 2.13. The molecule has 1 rings (SSSR count). The van der Waals surface area contributed by atoms with Crippen molar-refractivity contribution in [3.8, 4) is 5.75 Å². The van der Waals surface area contributed by atoms with Gasteiger partial charge in [-0.2, -0.15) is 0 Å². The van der Waals surface area contributed by atoms with Gasteiger partial charge in [-0.25, -0.2) is 4.79 Å². The molecule has 6 heteroatoms. The standard InChI is InChI=1S/C14H17NO5/c1-4-11(16)15-12(14(18)20-3)13(17)9-5-7-10(19-2)8-6-9/h5-8,12H,4H2,1-3H3,(H,15,16). The van der Waals surface area contributed by atoms with E-state index in [2.05, 4.69) is 10.1 Å². The van der Waals surface area contributed by atoms with Crippen molar-refractivity contribution in [1.82, 2.24) is 5.32 Å². The lowest BCUT2D eigenvalue weighted by Gasteiger charge is -2.15. The van der Waals surface area contributed by atoms with Gasteiger partial charge in [0.05, 0.1) is 14.2 Å². The van der Waals surface area contributed by atoms with E-state index in [4.69, 9.17) is 4.74 Å². The Morgan fingerprint density at radius 2 is 1.75 bits per heavy atom. The summed E-state index contributed by atoms with van der Waals surface area (Å²) in [7, 11) is 2.67. The third kappa shape index (κ3) is 3.81. The second kappa shape index (κ2) is 7.28. The first-order valence-electron chi connectivity index (χ1n) is 6.09. The fraction of sp³-hybridized carbons (Fsp3) is 0.357. The molecule has 0 aliphatic heterocycles. The Labute approximate surface area is 117 Å². The molecule has 1 unspecified atom stereocenters. The first-order chi connectivity index (χ1) is 9.53. The molecular formula is C14H17NO5. The molecular weight excluding hydrogens is 262 g/mol. The monoisotopic (exact) mass is 279 g/mol. The van der Waals surface area contributed by atoms with Crippen LogP contribution in [0, 0.1) is 0 Å². The molecule has 1 N–H and O–H groups in total. The van der Waals surface area contributed by atoms with Gasteiger partial charge in [0, 0.05) is 12.0 Å². The summed E-state index contributed by atoms with van der Waals surface area (Å²) >= 11 is 0. The molecule has 0 saturated carbocycles. The Morgan fingerprint density at radius 1 is 1.15 bits per heavy atom. The van der Waals surface area contributed by atoms with Crippen LogP contribution >= 0.6 is 0 Å². The van der Waals surface area contributed by atoms with Crippen LogP contribution in [0.1, 0.15) is 23.7 Å². The van der Waals surface area contributed by atoms with Crippen molar-refractivity contribution >= 4 is 17.7 Å². The van der Waals surface area contributed by atoms with E-state index in [0.29, 0.717) is 5.75 Å². The van der Waals surface area contributed by atoms with Crippen LogP contribution in [0.5, 0.6) is 5.75 Å². The number of nitrogens with one attached hydrogen (secondary N) is 1. The van der Waals surface area contributed by atoms with Gasteiger partial charge < -0.3 is 14.8 Å². The molecule has 1 amide bonds. The molecule has 1 aromatic carbocycles. The second-order valence-corrected chi connectivity index (χ2v) is 3.97. The van der Waals surface area contributed by atoms with Crippen molar-refractivity contribution in [3.63, 3.8) is 0 Å². The molecule has 0 saturated heterocycles. The predicted octanol–water partition coefficient (Wildman–Crippen LogP) is 0.946. The summed E-state index contributed by atoms with van der Waals surface area (Å²) in [5.74, 6) is -1.13. The number of amides is 1. The normalized spacial score (nSPS) is 11.3. The van der Waals surface area contributed by atoms with Crippen molar-refractivity contribution in [2.45, 2.75) is 19.4 Å². The first-order valence-corrected chi connectivity index (χ1v) is 6.09. The third-order valence-corrected chi connectivity index (χ3v) is 2.70. The Morgan fingerprint density at radius 3 is 2.20 bits per heavy atom. The van der Waals surface area contributed by atoms with Crippen LogP contribution in [-0.2, 0) is 14.3 Å². The summed E-state index contributed by atoms with van der Waals surface area (Å²) in [6.45, 7) is 1.63. The highest BCUT2D eigenvalue weighted by Gasteiger charge is 2.29. The smallest absolute Gasteiger partial charge is 0.336 e. The molecule has 6 nitrogen and oxygen atoms in total. The fourth-order valence-corrected chi connectivity index (χ4v) is 1.53. The van der Waals surface area contributed by atoms with Gasteiger partial charge in [0.1, 0.15) is 5.75 Å². The summed E-state index contributed by atoms with van der Waals surface area (Å²) in [6, 6.07) is 4.91. The van der Waals surface area contributed by atoms with Gasteiger partial charge in [-0.15, -0.1) is 0 Å². The molecule has 20 heavy (non-hydrogen) atoms. The van der Waals surface area contributed by atoms with Crippen molar-refractivity contribution in [3.05, 3.63) is 29.8 Å². The lowest BCUT2D eigenvalue weighted by Crippen LogP contribution is -2.46. The van der Waals surface area contributed by atoms with Crippen molar-refractivity contribution in [2.24, 2.45) is 0 Å². The number of carbonyl (C=O) groups excluding carboxylic acids is 3. The largest absolute Gasteiger partial charge is 0.497 e. The van der Waals surface area contributed by atoms with E-state index in [9.17, 15) is 14.4 Å². The molecule has 0 aliphatic carbocycles. The number of ether oxygens (including phenoxy) is 2. The number of hydrogen-bond donors (Lipinski definition) is 1. The van der Waals surface area contributed by atoms with Crippen LogP contribution in [0.2, 0.25) is 0 Å². The third-order valence-electron chi connectivity index (χ3n) is 2.70. The van der Waals surface area contributed by atoms with Gasteiger partial charge in [0.15, 0.2) is 11.8 Å².